The van der Waals surface area contributed by atoms with E-state index in [2.05, 4.69) is 30.9 Å². The molecule has 0 aliphatic heterocycles. The highest BCUT2D eigenvalue weighted by Gasteiger charge is 2.09. The van der Waals surface area contributed by atoms with Crippen molar-refractivity contribution in [2.45, 2.75) is 6.92 Å². The number of fused-ring (bicyclic) bond motifs is 1. The molecule has 2 N–H and O–H groups in total. The van der Waals surface area contributed by atoms with E-state index in [9.17, 15) is 4.79 Å². The highest BCUT2D eigenvalue weighted by Crippen LogP contribution is 2.22. The number of carbonyl (C=O) groups excluding carboxylic acids is 1. The second-order valence-corrected chi connectivity index (χ2v) is 4.49. The Kier molecular flexibility index (Phi) is 3.19. The number of aryl methyl sites for hydroxylation is 1. The van der Waals surface area contributed by atoms with Gasteiger partial charge in [0, 0.05) is 25.3 Å². The Balaban J connectivity index is 1.93. The Morgan fingerprint density at radius 3 is 2.86 bits per heavy atom. The Hall–Kier alpha value is -3.03. The number of rotatable bonds is 3. The van der Waals surface area contributed by atoms with Gasteiger partial charge in [-0.05, 0) is 18.2 Å². The van der Waals surface area contributed by atoms with Crippen LogP contribution in [0.4, 0.5) is 17.2 Å². The maximum atomic E-state index is 11.1. The number of nitrogens with one attached hydrogen (secondary N) is 2. The molecule has 0 aliphatic carbocycles. The Morgan fingerprint density at radius 2 is 2.05 bits per heavy atom. The first-order valence-electron chi connectivity index (χ1n) is 6.28. The molecule has 1 aromatic carbocycles. The van der Waals surface area contributed by atoms with Gasteiger partial charge in [-0.25, -0.2) is 14.6 Å². The molecular formula is C13H13N7O. The van der Waals surface area contributed by atoms with Crippen LogP contribution in [0.25, 0.3) is 11.2 Å². The van der Waals surface area contributed by atoms with Crippen molar-refractivity contribution in [1.82, 2.24) is 25.0 Å². The second kappa shape index (κ2) is 5.16. The van der Waals surface area contributed by atoms with E-state index < -0.39 is 0 Å². The largest absolute Gasteiger partial charge is 0.338 e. The van der Waals surface area contributed by atoms with Crippen LogP contribution in [0, 0.1) is 0 Å². The normalized spacial score (nSPS) is 10.6. The van der Waals surface area contributed by atoms with Gasteiger partial charge in [-0.2, -0.15) is 0 Å². The van der Waals surface area contributed by atoms with Crippen molar-refractivity contribution in [3.8, 4) is 0 Å². The number of amides is 1. The van der Waals surface area contributed by atoms with Gasteiger partial charge in [0.2, 0.25) is 5.91 Å². The van der Waals surface area contributed by atoms with E-state index in [1.165, 1.54) is 13.3 Å². The first kappa shape index (κ1) is 13.0. The zero-order chi connectivity index (χ0) is 14.8. The predicted molar refractivity (Wildman–Crippen MR) is 78.1 cm³/mol. The van der Waals surface area contributed by atoms with Gasteiger partial charge in [-0.1, -0.05) is 11.3 Å². The van der Waals surface area contributed by atoms with E-state index in [1.54, 1.807) is 11.7 Å². The number of hydrogen-bond acceptors (Lipinski definition) is 6. The van der Waals surface area contributed by atoms with Crippen LogP contribution >= 0.6 is 0 Å². The molecule has 8 nitrogen and oxygen atoms in total. The highest BCUT2D eigenvalue weighted by atomic mass is 16.1. The molecule has 8 heteroatoms. The van der Waals surface area contributed by atoms with Crippen LogP contribution in [0.1, 0.15) is 6.92 Å². The number of nitrogens with zero attached hydrogens (tertiary/aromatic N) is 5. The smallest absolute Gasteiger partial charge is 0.221 e. The Morgan fingerprint density at radius 1 is 1.24 bits per heavy atom. The SMILES string of the molecule is CC(=O)Nc1cccc(Nc2ncnc3c2nnn3C)c1. The maximum absolute atomic E-state index is 11.1. The van der Waals surface area contributed by atoms with Crippen LogP contribution in [-0.4, -0.2) is 30.9 Å². The molecule has 0 aliphatic rings. The zero-order valence-electron chi connectivity index (χ0n) is 11.5. The number of aromatic nitrogens is 5. The average molecular weight is 283 g/mol. The van der Waals surface area contributed by atoms with Gasteiger partial charge in [0.05, 0.1) is 0 Å². The maximum Gasteiger partial charge on any atom is 0.221 e. The quantitative estimate of drug-likeness (QED) is 0.755. The molecule has 0 unspecified atom stereocenters. The summed E-state index contributed by atoms with van der Waals surface area (Å²) in [6.07, 6.45) is 1.45. The molecule has 0 saturated carbocycles. The van der Waals surface area contributed by atoms with Crippen molar-refractivity contribution < 1.29 is 4.79 Å². The summed E-state index contributed by atoms with van der Waals surface area (Å²) in [6, 6.07) is 7.33. The third-order valence-corrected chi connectivity index (χ3v) is 2.83. The molecule has 21 heavy (non-hydrogen) atoms. The summed E-state index contributed by atoms with van der Waals surface area (Å²) in [5.74, 6) is 0.443. The summed E-state index contributed by atoms with van der Waals surface area (Å²) >= 11 is 0. The van der Waals surface area contributed by atoms with Gasteiger partial charge < -0.3 is 10.6 Å². The molecule has 106 valence electrons. The minimum Gasteiger partial charge on any atom is -0.338 e. The standard InChI is InChI=1S/C13H13N7O/c1-8(21)16-9-4-3-5-10(6-9)17-12-11-13(15-7-14-12)20(2)19-18-11/h3-7H,1-2H3,(H,16,21)(H,14,15,17). The lowest BCUT2D eigenvalue weighted by atomic mass is 10.2. The molecule has 2 heterocycles. The average Bonchev–Trinajstić information content (AvgIpc) is 2.82. The van der Waals surface area contributed by atoms with Crippen molar-refractivity contribution in [3.05, 3.63) is 30.6 Å². The van der Waals surface area contributed by atoms with Crippen molar-refractivity contribution in [1.29, 1.82) is 0 Å². The summed E-state index contributed by atoms with van der Waals surface area (Å²) in [5, 5.41) is 13.8. The number of anilines is 3. The van der Waals surface area contributed by atoms with Gasteiger partial charge in [0.1, 0.15) is 6.33 Å². The number of hydrogen-bond donors (Lipinski definition) is 2. The summed E-state index contributed by atoms with van der Waals surface area (Å²) in [5.41, 5.74) is 2.72. The van der Waals surface area contributed by atoms with Gasteiger partial charge in [0.25, 0.3) is 0 Å². The summed E-state index contributed by atoms with van der Waals surface area (Å²) in [4.78, 5) is 19.4. The van der Waals surface area contributed by atoms with Crippen molar-refractivity contribution in [2.75, 3.05) is 10.6 Å². The Labute approximate surface area is 120 Å². The van der Waals surface area contributed by atoms with E-state index >= 15 is 0 Å². The molecule has 3 aromatic rings. The van der Waals surface area contributed by atoms with Crippen molar-refractivity contribution in [3.63, 3.8) is 0 Å². The van der Waals surface area contributed by atoms with E-state index in [4.69, 9.17) is 0 Å². The first-order valence-corrected chi connectivity index (χ1v) is 6.28. The predicted octanol–water partition coefficient (Wildman–Crippen LogP) is 1.46. The summed E-state index contributed by atoms with van der Waals surface area (Å²) in [6.45, 7) is 1.47. The zero-order valence-corrected chi connectivity index (χ0v) is 11.5. The van der Waals surface area contributed by atoms with Crippen LogP contribution in [-0.2, 0) is 11.8 Å². The third kappa shape index (κ3) is 2.64. The van der Waals surface area contributed by atoms with Crippen LogP contribution in [0.5, 0.6) is 0 Å². The number of carbonyl (C=O) groups is 1. The molecule has 0 spiro atoms. The summed E-state index contributed by atoms with van der Waals surface area (Å²) < 4.78 is 1.58. The van der Waals surface area contributed by atoms with E-state index in [1.807, 2.05) is 24.3 Å². The van der Waals surface area contributed by atoms with Crippen LogP contribution < -0.4 is 10.6 Å². The van der Waals surface area contributed by atoms with Crippen molar-refractivity contribution >= 4 is 34.3 Å². The van der Waals surface area contributed by atoms with Gasteiger partial charge in [-0.15, -0.1) is 5.10 Å². The lowest BCUT2D eigenvalue weighted by Crippen LogP contribution is -2.06. The highest BCUT2D eigenvalue weighted by molar-refractivity contribution is 5.90. The minimum atomic E-state index is -0.120. The lowest BCUT2D eigenvalue weighted by molar-refractivity contribution is -0.114. The minimum absolute atomic E-state index is 0.120. The number of benzene rings is 1. The third-order valence-electron chi connectivity index (χ3n) is 2.83. The fourth-order valence-corrected chi connectivity index (χ4v) is 1.96. The van der Waals surface area contributed by atoms with Gasteiger partial charge in [-0.3, -0.25) is 4.79 Å². The monoisotopic (exact) mass is 283 g/mol. The molecule has 0 fully saturated rings. The molecule has 0 saturated heterocycles. The fraction of sp³-hybridized carbons (Fsp3) is 0.154. The van der Waals surface area contributed by atoms with Gasteiger partial charge in [0.15, 0.2) is 17.0 Å². The lowest BCUT2D eigenvalue weighted by Gasteiger charge is -2.08. The first-order chi connectivity index (χ1) is 10.1. The van der Waals surface area contributed by atoms with Crippen LogP contribution in [0.15, 0.2) is 30.6 Å². The van der Waals surface area contributed by atoms with E-state index in [-0.39, 0.29) is 5.91 Å². The van der Waals surface area contributed by atoms with Crippen LogP contribution in [0.3, 0.4) is 0 Å². The molecule has 2 aromatic heterocycles. The molecule has 0 bridgehead atoms. The second-order valence-electron chi connectivity index (χ2n) is 4.49. The topological polar surface area (TPSA) is 97.6 Å². The van der Waals surface area contributed by atoms with E-state index in [0.717, 1.165) is 5.69 Å². The summed E-state index contributed by atoms with van der Waals surface area (Å²) in [7, 11) is 1.77. The van der Waals surface area contributed by atoms with Crippen molar-refractivity contribution in [2.24, 2.45) is 7.05 Å². The molecule has 0 radical (unpaired) electrons. The molecular weight excluding hydrogens is 270 g/mol. The molecule has 1 amide bonds. The van der Waals surface area contributed by atoms with Crippen LogP contribution in [0.2, 0.25) is 0 Å². The van der Waals surface area contributed by atoms with Gasteiger partial charge >= 0.3 is 0 Å². The fourth-order valence-electron chi connectivity index (χ4n) is 1.96. The molecule has 0 atom stereocenters. The van der Waals surface area contributed by atoms with E-state index in [0.29, 0.717) is 22.7 Å². The Bertz CT molecular complexity index is 811. The molecule has 3 rings (SSSR count).